The lowest BCUT2D eigenvalue weighted by Crippen LogP contribution is -2.42. The summed E-state index contributed by atoms with van der Waals surface area (Å²) >= 11 is 3.28. The van der Waals surface area contributed by atoms with Gasteiger partial charge in [0.05, 0.1) is 18.2 Å². The zero-order chi connectivity index (χ0) is 14.4. The number of amides is 1. The molecule has 0 fully saturated rings. The van der Waals surface area contributed by atoms with Crippen molar-refractivity contribution in [2.45, 2.75) is 26.8 Å². The van der Waals surface area contributed by atoms with Crippen molar-refractivity contribution in [1.82, 2.24) is 10.3 Å². The molecule has 1 rings (SSSR count). The summed E-state index contributed by atoms with van der Waals surface area (Å²) in [5.74, 6) is 0.265. The molecule has 0 aliphatic carbocycles. The summed E-state index contributed by atoms with van der Waals surface area (Å²) in [6.07, 6.45) is 1.56. The predicted octanol–water partition coefficient (Wildman–Crippen LogP) is 2.22. The van der Waals surface area contributed by atoms with Crippen molar-refractivity contribution in [2.24, 2.45) is 5.92 Å². The number of hydrogen-bond donors (Lipinski definition) is 2. The number of carbonyl (C=O) groups excluding carboxylic acids is 1. The molecule has 0 spiro atoms. The smallest absolute Gasteiger partial charge is 0.255 e. The normalized spacial score (nSPS) is 12.5. The number of rotatable bonds is 6. The summed E-state index contributed by atoms with van der Waals surface area (Å²) in [5, 5.41) is 2.93. The number of nitrogens with zero attached hydrogens (tertiary/aromatic N) is 1. The first-order valence-electron chi connectivity index (χ1n) is 6.25. The Morgan fingerprint density at radius 1 is 1.58 bits per heavy atom. The van der Waals surface area contributed by atoms with Crippen LogP contribution in [-0.2, 0) is 4.74 Å². The van der Waals surface area contributed by atoms with Crippen molar-refractivity contribution in [2.75, 3.05) is 18.9 Å². The lowest BCUT2D eigenvalue weighted by molar-refractivity contribution is 0.0806. The number of hydrogen-bond acceptors (Lipinski definition) is 4. The Hall–Kier alpha value is -1.14. The van der Waals surface area contributed by atoms with Crippen molar-refractivity contribution in [3.05, 3.63) is 22.3 Å². The number of pyridine rings is 1. The van der Waals surface area contributed by atoms with Crippen LogP contribution in [0.2, 0.25) is 0 Å². The molecule has 6 heteroatoms. The van der Waals surface area contributed by atoms with Gasteiger partial charge in [0.1, 0.15) is 5.82 Å². The molecule has 19 heavy (non-hydrogen) atoms. The fourth-order valence-electron chi connectivity index (χ4n) is 1.52. The minimum Gasteiger partial charge on any atom is -0.383 e. The highest BCUT2D eigenvalue weighted by Gasteiger charge is 2.19. The number of halogens is 1. The fourth-order valence-corrected chi connectivity index (χ4v) is 1.85. The van der Waals surface area contributed by atoms with E-state index in [4.69, 9.17) is 10.5 Å². The summed E-state index contributed by atoms with van der Waals surface area (Å²) in [7, 11) is 0. The van der Waals surface area contributed by atoms with E-state index in [0.717, 1.165) is 4.47 Å². The SMILES string of the molecule is CCOCC(NC(=O)c1cc(Br)cnc1N)C(C)C. The van der Waals surface area contributed by atoms with E-state index >= 15 is 0 Å². The van der Waals surface area contributed by atoms with Gasteiger partial charge in [-0.1, -0.05) is 13.8 Å². The third-order valence-corrected chi connectivity index (χ3v) is 3.19. The number of nitrogens with one attached hydrogen (secondary N) is 1. The second kappa shape index (κ2) is 7.45. The summed E-state index contributed by atoms with van der Waals surface area (Å²) in [4.78, 5) is 16.1. The van der Waals surface area contributed by atoms with Gasteiger partial charge in [0.2, 0.25) is 0 Å². The van der Waals surface area contributed by atoms with Crippen LogP contribution in [0, 0.1) is 5.92 Å². The van der Waals surface area contributed by atoms with Crippen molar-refractivity contribution < 1.29 is 9.53 Å². The summed E-state index contributed by atoms with van der Waals surface area (Å²) in [6, 6.07) is 1.61. The van der Waals surface area contributed by atoms with Gasteiger partial charge in [0, 0.05) is 17.3 Å². The lowest BCUT2D eigenvalue weighted by Gasteiger charge is -2.22. The monoisotopic (exact) mass is 329 g/mol. The molecule has 1 amide bonds. The van der Waals surface area contributed by atoms with Crippen molar-refractivity contribution >= 4 is 27.7 Å². The number of anilines is 1. The molecule has 106 valence electrons. The van der Waals surface area contributed by atoms with Gasteiger partial charge >= 0.3 is 0 Å². The number of ether oxygens (including phenoxy) is 1. The maximum Gasteiger partial charge on any atom is 0.255 e. The second-order valence-electron chi connectivity index (χ2n) is 4.57. The maximum absolute atomic E-state index is 12.2. The molecule has 1 atom stereocenters. The maximum atomic E-state index is 12.2. The molecule has 1 unspecified atom stereocenters. The van der Waals surface area contributed by atoms with Gasteiger partial charge in [-0.15, -0.1) is 0 Å². The van der Waals surface area contributed by atoms with E-state index in [1.807, 2.05) is 20.8 Å². The molecule has 0 radical (unpaired) electrons. The standard InChI is InChI=1S/C13H20BrN3O2/c1-4-19-7-11(8(2)3)17-13(18)10-5-9(14)6-16-12(10)15/h5-6,8,11H,4,7H2,1-3H3,(H2,15,16)(H,17,18). The average molecular weight is 330 g/mol. The van der Waals surface area contributed by atoms with Gasteiger partial charge in [-0.3, -0.25) is 4.79 Å². The minimum absolute atomic E-state index is 0.0502. The first-order valence-corrected chi connectivity index (χ1v) is 7.04. The first-order chi connectivity index (χ1) is 8.95. The number of nitrogens with two attached hydrogens (primary N) is 1. The molecule has 0 aliphatic heterocycles. The molecular formula is C13H20BrN3O2. The quantitative estimate of drug-likeness (QED) is 0.838. The highest BCUT2D eigenvalue weighted by atomic mass is 79.9. The zero-order valence-corrected chi connectivity index (χ0v) is 13.0. The Morgan fingerprint density at radius 2 is 2.26 bits per heavy atom. The molecule has 0 bridgehead atoms. The van der Waals surface area contributed by atoms with E-state index in [1.54, 1.807) is 12.3 Å². The average Bonchev–Trinajstić information content (AvgIpc) is 2.36. The molecule has 5 nitrogen and oxygen atoms in total. The van der Waals surface area contributed by atoms with Gasteiger partial charge in [0.15, 0.2) is 0 Å². The van der Waals surface area contributed by atoms with Crippen LogP contribution in [0.25, 0.3) is 0 Å². The summed E-state index contributed by atoms with van der Waals surface area (Å²) in [5.41, 5.74) is 6.09. The molecule has 0 saturated carbocycles. The van der Waals surface area contributed by atoms with Crippen LogP contribution >= 0.6 is 15.9 Å². The molecule has 1 heterocycles. The van der Waals surface area contributed by atoms with Crippen molar-refractivity contribution in [1.29, 1.82) is 0 Å². The summed E-state index contributed by atoms with van der Waals surface area (Å²) in [6.45, 7) is 7.11. The highest BCUT2D eigenvalue weighted by Crippen LogP contribution is 2.16. The van der Waals surface area contributed by atoms with Crippen LogP contribution in [0.3, 0.4) is 0 Å². The molecule has 0 saturated heterocycles. The Kier molecular flexibility index (Phi) is 6.24. The lowest BCUT2D eigenvalue weighted by atomic mass is 10.0. The number of aromatic nitrogens is 1. The van der Waals surface area contributed by atoms with E-state index in [9.17, 15) is 4.79 Å². The van der Waals surface area contributed by atoms with Crippen LogP contribution in [-0.4, -0.2) is 30.1 Å². The highest BCUT2D eigenvalue weighted by molar-refractivity contribution is 9.10. The Bertz CT molecular complexity index is 438. The van der Waals surface area contributed by atoms with Gasteiger partial charge in [-0.05, 0) is 34.8 Å². The largest absolute Gasteiger partial charge is 0.383 e. The third kappa shape index (κ3) is 4.80. The number of nitrogen functional groups attached to an aromatic ring is 1. The topological polar surface area (TPSA) is 77.2 Å². The van der Waals surface area contributed by atoms with Gasteiger partial charge in [-0.2, -0.15) is 0 Å². The molecule has 1 aromatic rings. The minimum atomic E-state index is -0.232. The Labute approximate surface area is 122 Å². The third-order valence-electron chi connectivity index (χ3n) is 2.75. The molecule has 3 N–H and O–H groups in total. The van der Waals surface area contributed by atoms with Crippen LogP contribution in [0.4, 0.5) is 5.82 Å². The van der Waals surface area contributed by atoms with E-state index in [-0.39, 0.29) is 23.7 Å². The van der Waals surface area contributed by atoms with E-state index in [1.165, 1.54) is 0 Å². The number of carbonyl (C=O) groups is 1. The van der Waals surface area contributed by atoms with Gasteiger partial charge < -0.3 is 15.8 Å². The van der Waals surface area contributed by atoms with E-state index in [0.29, 0.717) is 18.8 Å². The Morgan fingerprint density at radius 3 is 2.84 bits per heavy atom. The predicted molar refractivity (Wildman–Crippen MR) is 78.9 cm³/mol. The molecule has 0 aromatic carbocycles. The van der Waals surface area contributed by atoms with Crippen LogP contribution < -0.4 is 11.1 Å². The van der Waals surface area contributed by atoms with Crippen LogP contribution in [0.5, 0.6) is 0 Å². The van der Waals surface area contributed by atoms with Gasteiger partial charge in [-0.25, -0.2) is 4.98 Å². The van der Waals surface area contributed by atoms with Crippen LogP contribution in [0.1, 0.15) is 31.1 Å². The van der Waals surface area contributed by atoms with Crippen molar-refractivity contribution in [3.63, 3.8) is 0 Å². The first kappa shape index (κ1) is 15.9. The Balaban J connectivity index is 2.78. The van der Waals surface area contributed by atoms with E-state index in [2.05, 4.69) is 26.2 Å². The zero-order valence-electron chi connectivity index (χ0n) is 11.4. The van der Waals surface area contributed by atoms with Crippen molar-refractivity contribution in [3.8, 4) is 0 Å². The molecule has 0 aliphatic rings. The molecule has 1 aromatic heterocycles. The van der Waals surface area contributed by atoms with E-state index < -0.39 is 0 Å². The van der Waals surface area contributed by atoms with Gasteiger partial charge in [0.25, 0.3) is 5.91 Å². The fraction of sp³-hybridized carbons (Fsp3) is 0.538. The molecular weight excluding hydrogens is 310 g/mol. The second-order valence-corrected chi connectivity index (χ2v) is 5.49. The van der Waals surface area contributed by atoms with Crippen LogP contribution in [0.15, 0.2) is 16.7 Å². The summed E-state index contributed by atoms with van der Waals surface area (Å²) < 4.78 is 6.10.